The van der Waals surface area contributed by atoms with Crippen molar-refractivity contribution in [1.82, 2.24) is 4.98 Å². The number of rotatable bonds is 5. The van der Waals surface area contributed by atoms with Gasteiger partial charge in [0, 0.05) is 27.6 Å². The highest BCUT2D eigenvalue weighted by Crippen LogP contribution is 2.46. The fourth-order valence-electron chi connectivity index (χ4n) is 4.17. The van der Waals surface area contributed by atoms with Gasteiger partial charge >= 0.3 is 0 Å². The Morgan fingerprint density at radius 2 is 1.45 bits per heavy atom. The Kier molecular flexibility index (Phi) is 4.18. The van der Waals surface area contributed by atoms with Gasteiger partial charge in [0.05, 0.1) is 26.3 Å². The zero-order valence-electron chi connectivity index (χ0n) is 16.5. The van der Waals surface area contributed by atoms with Crippen LogP contribution in [0.1, 0.15) is 6.92 Å². The quantitative estimate of drug-likeness (QED) is 0.229. The van der Waals surface area contributed by atoms with Gasteiger partial charge in [0.2, 0.25) is 5.88 Å². The van der Waals surface area contributed by atoms with Crippen molar-refractivity contribution >= 4 is 43.2 Å². The maximum atomic E-state index is 5.86. The highest BCUT2D eigenvalue weighted by Gasteiger charge is 2.19. The molecule has 0 spiro atoms. The molecule has 4 aromatic carbocycles. The molecule has 5 nitrogen and oxygen atoms in total. The average Bonchev–Trinajstić information content (AvgIpc) is 3.19. The van der Waals surface area contributed by atoms with E-state index in [1.807, 2.05) is 25.1 Å². The number of ether oxygens (including phenoxy) is 2. The van der Waals surface area contributed by atoms with Gasteiger partial charge in [-0.2, -0.15) is 4.89 Å². The fourth-order valence-corrected chi connectivity index (χ4v) is 4.17. The summed E-state index contributed by atoms with van der Waals surface area (Å²) in [5, 5.41) is 7.55. The van der Waals surface area contributed by atoms with E-state index in [2.05, 4.69) is 41.4 Å². The molecule has 0 fully saturated rings. The molecule has 0 saturated heterocycles. The molecular formula is C24H21NO4. The lowest BCUT2D eigenvalue weighted by Crippen LogP contribution is -1.95. The molecule has 5 aromatic rings. The largest absolute Gasteiger partial charge is 0.492 e. The van der Waals surface area contributed by atoms with E-state index >= 15 is 0 Å². The summed E-state index contributed by atoms with van der Waals surface area (Å²) in [4.78, 5) is 13.7. The van der Waals surface area contributed by atoms with E-state index < -0.39 is 0 Å². The topological polar surface area (TPSA) is 52.7 Å². The molecule has 0 aliphatic rings. The molecule has 1 aromatic heterocycles. The first-order chi connectivity index (χ1) is 14.3. The summed E-state index contributed by atoms with van der Waals surface area (Å²) in [6.45, 7) is 2.36. The van der Waals surface area contributed by atoms with Crippen molar-refractivity contribution in [3.8, 4) is 17.4 Å². The first kappa shape index (κ1) is 17.6. The SMILES string of the molecule is CCOOc1cc2ccc3c(ccc4c5ccccc5c(OC)c(OC)c43)c2[nH]1. The Hall–Kier alpha value is -3.44. The molecule has 0 amide bonds. The van der Waals surface area contributed by atoms with Gasteiger partial charge in [-0.3, -0.25) is 0 Å². The van der Waals surface area contributed by atoms with Crippen LogP contribution < -0.4 is 14.4 Å². The van der Waals surface area contributed by atoms with Gasteiger partial charge < -0.3 is 19.3 Å². The first-order valence-electron chi connectivity index (χ1n) is 9.57. The Labute approximate surface area is 167 Å². The smallest absolute Gasteiger partial charge is 0.235 e. The molecule has 0 unspecified atom stereocenters. The van der Waals surface area contributed by atoms with Gasteiger partial charge in [0.25, 0.3) is 0 Å². The van der Waals surface area contributed by atoms with Gasteiger partial charge in [-0.25, -0.2) is 0 Å². The summed E-state index contributed by atoms with van der Waals surface area (Å²) >= 11 is 0. The van der Waals surface area contributed by atoms with Crippen molar-refractivity contribution in [1.29, 1.82) is 0 Å². The molecule has 5 rings (SSSR count). The number of aromatic nitrogens is 1. The Morgan fingerprint density at radius 3 is 2.21 bits per heavy atom. The number of hydrogen-bond donors (Lipinski definition) is 1. The van der Waals surface area contributed by atoms with Crippen LogP contribution >= 0.6 is 0 Å². The van der Waals surface area contributed by atoms with Crippen LogP contribution in [0.25, 0.3) is 43.2 Å². The van der Waals surface area contributed by atoms with E-state index in [9.17, 15) is 0 Å². The number of fused-ring (bicyclic) bond motifs is 7. The lowest BCUT2D eigenvalue weighted by molar-refractivity contribution is -0.204. The van der Waals surface area contributed by atoms with E-state index in [0.29, 0.717) is 12.5 Å². The van der Waals surface area contributed by atoms with Gasteiger partial charge in [-0.1, -0.05) is 48.5 Å². The molecule has 0 atom stereocenters. The third-order valence-electron chi connectivity index (χ3n) is 5.34. The Morgan fingerprint density at radius 1 is 0.759 bits per heavy atom. The standard InChI is InChI=1S/C24H21NO4/c1-4-28-29-20-13-14-9-10-17-18(22(14)25-20)12-11-16-15-7-5-6-8-19(15)23(26-2)24(27-3)21(16)17/h5-13,25H,4H2,1-3H3. The normalized spacial score (nSPS) is 11.6. The van der Waals surface area contributed by atoms with E-state index in [0.717, 1.165) is 54.7 Å². The van der Waals surface area contributed by atoms with Crippen LogP contribution in [-0.4, -0.2) is 25.8 Å². The van der Waals surface area contributed by atoms with Crippen LogP contribution in [0, 0.1) is 0 Å². The molecule has 0 aliphatic heterocycles. The minimum absolute atomic E-state index is 0.477. The van der Waals surface area contributed by atoms with Crippen molar-refractivity contribution < 1.29 is 19.2 Å². The second kappa shape index (κ2) is 6.87. The minimum atomic E-state index is 0.477. The van der Waals surface area contributed by atoms with Gasteiger partial charge in [-0.15, -0.1) is 0 Å². The first-order valence-corrected chi connectivity index (χ1v) is 9.57. The van der Waals surface area contributed by atoms with Gasteiger partial charge in [-0.05, 0) is 23.1 Å². The Balaban J connectivity index is 1.91. The molecule has 0 radical (unpaired) electrons. The average molecular weight is 387 g/mol. The summed E-state index contributed by atoms with van der Waals surface area (Å²) in [6.07, 6.45) is 0. The lowest BCUT2D eigenvalue weighted by atomic mass is 9.94. The summed E-state index contributed by atoms with van der Waals surface area (Å²) in [6, 6.07) is 18.7. The molecule has 1 heterocycles. The van der Waals surface area contributed by atoms with E-state index in [1.165, 1.54) is 0 Å². The maximum Gasteiger partial charge on any atom is 0.235 e. The van der Waals surface area contributed by atoms with Crippen LogP contribution in [0.15, 0.2) is 54.6 Å². The van der Waals surface area contributed by atoms with Crippen LogP contribution in [0.5, 0.6) is 17.4 Å². The molecule has 0 saturated carbocycles. The van der Waals surface area contributed by atoms with E-state index in [1.54, 1.807) is 14.2 Å². The number of H-pyrrole nitrogens is 1. The van der Waals surface area contributed by atoms with Crippen LogP contribution in [0.2, 0.25) is 0 Å². The third-order valence-corrected chi connectivity index (χ3v) is 5.34. The minimum Gasteiger partial charge on any atom is -0.492 e. The number of aromatic amines is 1. The highest BCUT2D eigenvalue weighted by molar-refractivity contribution is 6.25. The van der Waals surface area contributed by atoms with Gasteiger partial charge in [0.15, 0.2) is 11.5 Å². The number of hydrogen-bond acceptors (Lipinski definition) is 4. The molecule has 1 N–H and O–H groups in total. The van der Waals surface area contributed by atoms with Crippen molar-refractivity contribution in [2.45, 2.75) is 6.92 Å². The molecule has 146 valence electrons. The van der Waals surface area contributed by atoms with Crippen molar-refractivity contribution in [3.63, 3.8) is 0 Å². The molecule has 5 heteroatoms. The van der Waals surface area contributed by atoms with Gasteiger partial charge in [0.1, 0.15) is 0 Å². The van der Waals surface area contributed by atoms with E-state index in [4.69, 9.17) is 19.2 Å². The summed E-state index contributed by atoms with van der Waals surface area (Å²) < 4.78 is 11.6. The monoisotopic (exact) mass is 387 g/mol. The van der Waals surface area contributed by atoms with Crippen LogP contribution in [0.4, 0.5) is 0 Å². The second-order valence-electron chi connectivity index (χ2n) is 6.85. The maximum absolute atomic E-state index is 5.86. The predicted molar refractivity (Wildman–Crippen MR) is 116 cm³/mol. The van der Waals surface area contributed by atoms with Crippen LogP contribution in [0.3, 0.4) is 0 Å². The molecule has 29 heavy (non-hydrogen) atoms. The molecular weight excluding hydrogens is 366 g/mol. The molecule has 0 bridgehead atoms. The molecule has 0 aliphatic carbocycles. The van der Waals surface area contributed by atoms with E-state index in [-0.39, 0.29) is 0 Å². The fraction of sp³-hybridized carbons (Fsp3) is 0.167. The van der Waals surface area contributed by atoms with Crippen LogP contribution in [-0.2, 0) is 4.89 Å². The highest BCUT2D eigenvalue weighted by atomic mass is 17.2. The van der Waals surface area contributed by atoms with Crippen molar-refractivity contribution in [2.24, 2.45) is 0 Å². The van der Waals surface area contributed by atoms with Crippen molar-refractivity contribution in [3.05, 3.63) is 54.6 Å². The number of nitrogens with one attached hydrogen (secondary N) is 1. The second-order valence-corrected chi connectivity index (χ2v) is 6.85. The summed E-state index contributed by atoms with van der Waals surface area (Å²) in [5.41, 5.74) is 0.994. The third kappa shape index (κ3) is 2.58. The predicted octanol–water partition coefficient (Wildman–Crippen LogP) is 5.98. The number of benzene rings is 4. The lowest BCUT2D eigenvalue weighted by Gasteiger charge is -2.17. The zero-order chi connectivity index (χ0) is 20.0. The number of methoxy groups -OCH3 is 2. The summed E-state index contributed by atoms with van der Waals surface area (Å²) in [5.74, 6) is 2.07. The van der Waals surface area contributed by atoms with Crippen molar-refractivity contribution in [2.75, 3.05) is 20.8 Å². The summed E-state index contributed by atoms with van der Waals surface area (Å²) in [7, 11) is 3.37. The zero-order valence-corrected chi connectivity index (χ0v) is 16.5. The Bertz CT molecular complexity index is 1370.